The van der Waals surface area contributed by atoms with Crippen molar-refractivity contribution >= 4 is 5.91 Å². The number of hydrogen-bond acceptors (Lipinski definition) is 3. The van der Waals surface area contributed by atoms with Crippen molar-refractivity contribution in [3.05, 3.63) is 0 Å². The van der Waals surface area contributed by atoms with Gasteiger partial charge in [0.25, 0.3) is 0 Å². The van der Waals surface area contributed by atoms with Crippen LogP contribution in [0.3, 0.4) is 0 Å². The zero-order valence-electron chi connectivity index (χ0n) is 10.3. The molecule has 2 fully saturated rings. The maximum atomic E-state index is 12.0. The van der Waals surface area contributed by atoms with Crippen molar-refractivity contribution in [1.29, 1.82) is 0 Å². The number of ether oxygens (including phenoxy) is 1. The molecule has 0 bridgehead atoms. The summed E-state index contributed by atoms with van der Waals surface area (Å²) in [7, 11) is 0. The molecule has 0 aromatic rings. The molecule has 1 unspecified atom stereocenters. The fourth-order valence-corrected chi connectivity index (χ4v) is 2.37. The van der Waals surface area contributed by atoms with Gasteiger partial charge in [-0.1, -0.05) is 0 Å². The van der Waals surface area contributed by atoms with Crippen LogP contribution in [0.1, 0.15) is 33.1 Å². The molecule has 16 heavy (non-hydrogen) atoms. The van der Waals surface area contributed by atoms with E-state index < -0.39 is 0 Å². The summed E-state index contributed by atoms with van der Waals surface area (Å²) in [6.07, 6.45) is 3.51. The molecule has 0 aromatic heterocycles. The third-order valence-corrected chi connectivity index (χ3v) is 3.67. The number of likely N-dealkylation sites (tertiary alicyclic amines) is 1. The molecule has 2 heterocycles. The lowest BCUT2D eigenvalue weighted by Gasteiger charge is -2.40. The number of hydrogen-bond donors (Lipinski definition) is 1. The van der Waals surface area contributed by atoms with Crippen LogP contribution in [0.25, 0.3) is 0 Å². The van der Waals surface area contributed by atoms with Crippen LogP contribution in [0.15, 0.2) is 0 Å². The van der Waals surface area contributed by atoms with Crippen molar-refractivity contribution in [2.24, 2.45) is 0 Å². The molecule has 0 spiro atoms. The molecule has 4 nitrogen and oxygen atoms in total. The van der Waals surface area contributed by atoms with Gasteiger partial charge < -0.3 is 15.0 Å². The standard InChI is InChI=1S/C12H22N2O2/c1-10-5-3-4-6-14(10)11(15)7-16-12(2)8-13-9-12/h10,13H,3-9H2,1-2H3. The lowest BCUT2D eigenvalue weighted by Crippen LogP contribution is -2.60. The molecule has 2 aliphatic rings. The van der Waals surface area contributed by atoms with E-state index in [0.29, 0.717) is 6.04 Å². The molecule has 2 aliphatic heterocycles. The predicted molar refractivity (Wildman–Crippen MR) is 62.3 cm³/mol. The molecule has 92 valence electrons. The third-order valence-electron chi connectivity index (χ3n) is 3.67. The Morgan fingerprint density at radius 2 is 2.25 bits per heavy atom. The maximum absolute atomic E-state index is 12.0. The van der Waals surface area contributed by atoms with Crippen molar-refractivity contribution < 1.29 is 9.53 Å². The summed E-state index contributed by atoms with van der Waals surface area (Å²) in [4.78, 5) is 13.9. The van der Waals surface area contributed by atoms with Crippen LogP contribution in [-0.4, -0.2) is 48.7 Å². The van der Waals surface area contributed by atoms with Crippen molar-refractivity contribution in [3.63, 3.8) is 0 Å². The van der Waals surface area contributed by atoms with Crippen LogP contribution in [-0.2, 0) is 9.53 Å². The lowest BCUT2D eigenvalue weighted by molar-refractivity contribution is -0.149. The molecule has 1 amide bonds. The van der Waals surface area contributed by atoms with E-state index in [0.717, 1.165) is 32.5 Å². The van der Waals surface area contributed by atoms with Crippen LogP contribution >= 0.6 is 0 Å². The Morgan fingerprint density at radius 3 is 2.81 bits per heavy atom. The maximum Gasteiger partial charge on any atom is 0.248 e. The summed E-state index contributed by atoms with van der Waals surface area (Å²) in [5.74, 6) is 0.153. The van der Waals surface area contributed by atoms with E-state index in [1.165, 1.54) is 6.42 Å². The lowest BCUT2D eigenvalue weighted by atomic mass is 10.00. The van der Waals surface area contributed by atoms with Crippen LogP contribution in [0.2, 0.25) is 0 Å². The molecule has 2 saturated heterocycles. The van der Waals surface area contributed by atoms with Crippen molar-refractivity contribution in [2.45, 2.75) is 44.8 Å². The highest BCUT2D eigenvalue weighted by atomic mass is 16.5. The van der Waals surface area contributed by atoms with Gasteiger partial charge in [-0.05, 0) is 33.1 Å². The summed E-state index contributed by atoms with van der Waals surface area (Å²) in [6.45, 7) is 7.03. The minimum Gasteiger partial charge on any atom is -0.363 e. The Bertz CT molecular complexity index is 264. The normalized spacial score (nSPS) is 28.6. The molecule has 0 radical (unpaired) electrons. The number of amides is 1. The Kier molecular flexibility index (Phi) is 3.50. The summed E-state index contributed by atoms with van der Waals surface area (Å²) in [5, 5.41) is 3.16. The average Bonchev–Trinajstić information content (AvgIpc) is 2.24. The molecule has 0 aliphatic carbocycles. The van der Waals surface area contributed by atoms with E-state index in [2.05, 4.69) is 19.2 Å². The monoisotopic (exact) mass is 226 g/mol. The Morgan fingerprint density at radius 1 is 1.50 bits per heavy atom. The van der Waals surface area contributed by atoms with Crippen molar-refractivity contribution in [1.82, 2.24) is 10.2 Å². The highest BCUT2D eigenvalue weighted by molar-refractivity contribution is 5.77. The van der Waals surface area contributed by atoms with Gasteiger partial charge in [-0.25, -0.2) is 0 Å². The van der Waals surface area contributed by atoms with E-state index >= 15 is 0 Å². The SMILES string of the molecule is CC1CCCCN1C(=O)COC1(C)CNC1. The number of piperidine rings is 1. The Balaban J connectivity index is 1.78. The topological polar surface area (TPSA) is 41.6 Å². The number of rotatable bonds is 3. The fraction of sp³-hybridized carbons (Fsp3) is 0.917. The second-order valence-electron chi connectivity index (χ2n) is 5.27. The predicted octanol–water partition coefficient (Wildman–Crippen LogP) is 0.766. The van der Waals surface area contributed by atoms with E-state index in [4.69, 9.17) is 4.74 Å². The quantitative estimate of drug-likeness (QED) is 0.772. The number of nitrogens with zero attached hydrogens (tertiary/aromatic N) is 1. The number of nitrogens with one attached hydrogen (secondary N) is 1. The first-order chi connectivity index (χ1) is 7.61. The second kappa shape index (κ2) is 4.72. The largest absolute Gasteiger partial charge is 0.363 e. The van der Waals surface area contributed by atoms with Crippen molar-refractivity contribution in [2.75, 3.05) is 26.2 Å². The van der Waals surface area contributed by atoms with Gasteiger partial charge in [0.1, 0.15) is 6.61 Å². The molecule has 0 saturated carbocycles. The third kappa shape index (κ3) is 2.55. The zero-order valence-corrected chi connectivity index (χ0v) is 10.3. The molecule has 2 rings (SSSR count). The first kappa shape index (κ1) is 11.9. The first-order valence-corrected chi connectivity index (χ1v) is 6.25. The van der Waals surface area contributed by atoms with E-state index in [-0.39, 0.29) is 18.1 Å². The van der Waals surface area contributed by atoms with Gasteiger partial charge in [0.05, 0.1) is 5.60 Å². The summed E-state index contributed by atoms with van der Waals surface area (Å²) >= 11 is 0. The van der Waals surface area contributed by atoms with Crippen LogP contribution in [0.4, 0.5) is 0 Å². The van der Waals surface area contributed by atoms with E-state index in [1.807, 2.05) is 4.90 Å². The smallest absolute Gasteiger partial charge is 0.248 e. The average molecular weight is 226 g/mol. The first-order valence-electron chi connectivity index (χ1n) is 6.25. The van der Waals surface area contributed by atoms with Gasteiger partial charge in [-0.2, -0.15) is 0 Å². The molecular weight excluding hydrogens is 204 g/mol. The van der Waals surface area contributed by atoms with Gasteiger partial charge in [-0.15, -0.1) is 0 Å². The molecule has 1 N–H and O–H groups in total. The molecule has 4 heteroatoms. The number of carbonyl (C=O) groups is 1. The van der Waals surface area contributed by atoms with Gasteiger partial charge in [-0.3, -0.25) is 4.79 Å². The van der Waals surface area contributed by atoms with Gasteiger partial charge in [0, 0.05) is 25.7 Å². The van der Waals surface area contributed by atoms with Crippen LogP contribution < -0.4 is 5.32 Å². The van der Waals surface area contributed by atoms with Crippen LogP contribution in [0.5, 0.6) is 0 Å². The second-order valence-corrected chi connectivity index (χ2v) is 5.27. The minimum atomic E-state index is -0.116. The van der Waals surface area contributed by atoms with Crippen molar-refractivity contribution in [3.8, 4) is 0 Å². The van der Waals surface area contributed by atoms with Gasteiger partial charge in [0.2, 0.25) is 5.91 Å². The fourth-order valence-electron chi connectivity index (χ4n) is 2.37. The summed E-state index contributed by atoms with van der Waals surface area (Å²) < 4.78 is 5.68. The van der Waals surface area contributed by atoms with E-state index in [1.54, 1.807) is 0 Å². The molecular formula is C12H22N2O2. The summed E-state index contributed by atoms with van der Waals surface area (Å²) in [5.41, 5.74) is -0.116. The Labute approximate surface area is 97.3 Å². The van der Waals surface area contributed by atoms with Gasteiger partial charge in [0.15, 0.2) is 0 Å². The Hall–Kier alpha value is -0.610. The zero-order chi connectivity index (χ0) is 11.6. The molecule has 0 aromatic carbocycles. The van der Waals surface area contributed by atoms with E-state index in [9.17, 15) is 4.79 Å². The number of carbonyl (C=O) groups excluding carboxylic acids is 1. The highest BCUT2D eigenvalue weighted by Gasteiger charge is 2.34. The van der Waals surface area contributed by atoms with Gasteiger partial charge >= 0.3 is 0 Å². The summed E-state index contributed by atoms with van der Waals surface area (Å²) in [6, 6.07) is 0.386. The molecule has 1 atom stereocenters. The van der Waals surface area contributed by atoms with Crippen LogP contribution in [0, 0.1) is 0 Å². The minimum absolute atomic E-state index is 0.116. The highest BCUT2D eigenvalue weighted by Crippen LogP contribution is 2.19.